The highest BCUT2D eigenvalue weighted by atomic mass is 32.1. The summed E-state index contributed by atoms with van der Waals surface area (Å²) in [6, 6.07) is 7.90. The molecule has 22 heavy (non-hydrogen) atoms. The zero-order valence-electron chi connectivity index (χ0n) is 13.8. The van der Waals surface area contributed by atoms with Crippen molar-refractivity contribution in [2.24, 2.45) is 11.7 Å². The van der Waals surface area contributed by atoms with Crippen molar-refractivity contribution >= 4 is 18.5 Å². The maximum atomic E-state index is 12.5. The lowest BCUT2D eigenvalue weighted by Crippen LogP contribution is -2.51. The van der Waals surface area contributed by atoms with E-state index in [-0.39, 0.29) is 23.9 Å². The van der Waals surface area contributed by atoms with Gasteiger partial charge in [0, 0.05) is 24.9 Å². The highest BCUT2D eigenvalue weighted by Crippen LogP contribution is 2.09. The first-order chi connectivity index (χ1) is 10.5. The number of hydrogen-bond donors (Lipinski definition) is 4. The molecule has 0 bridgehead atoms. The quantitative estimate of drug-likeness (QED) is 0.525. The number of carbonyl (C=O) groups is 1. The largest absolute Gasteiger partial charge is 0.351 e. The minimum absolute atomic E-state index is 0.0298. The van der Waals surface area contributed by atoms with Gasteiger partial charge in [0.2, 0.25) is 5.91 Å². The fourth-order valence-electron chi connectivity index (χ4n) is 2.25. The van der Waals surface area contributed by atoms with E-state index in [0.29, 0.717) is 18.8 Å². The van der Waals surface area contributed by atoms with Crippen molar-refractivity contribution in [1.82, 2.24) is 10.6 Å². The van der Waals surface area contributed by atoms with Crippen LogP contribution in [0.15, 0.2) is 24.3 Å². The zero-order valence-corrected chi connectivity index (χ0v) is 14.7. The van der Waals surface area contributed by atoms with Crippen molar-refractivity contribution < 1.29 is 4.79 Å². The average molecular weight is 324 g/mol. The Morgan fingerprint density at radius 2 is 2.14 bits per heavy atom. The molecule has 0 aliphatic heterocycles. The number of hydrogen-bond acceptors (Lipinski definition) is 4. The first-order valence-corrected chi connectivity index (χ1v) is 8.54. The molecule has 1 rings (SSSR count). The highest BCUT2D eigenvalue weighted by Gasteiger charge is 2.23. The molecule has 4 N–H and O–H groups in total. The maximum absolute atomic E-state index is 12.5. The van der Waals surface area contributed by atoms with E-state index in [1.54, 1.807) is 0 Å². The monoisotopic (exact) mass is 323 g/mol. The predicted molar refractivity (Wildman–Crippen MR) is 96.1 cm³/mol. The van der Waals surface area contributed by atoms with Gasteiger partial charge in [-0.2, -0.15) is 12.6 Å². The Balaban J connectivity index is 2.59. The molecule has 0 spiro atoms. The number of thiol groups is 1. The molecule has 4 nitrogen and oxygen atoms in total. The van der Waals surface area contributed by atoms with Crippen molar-refractivity contribution in [3.05, 3.63) is 35.4 Å². The Bertz CT molecular complexity index is 467. The van der Waals surface area contributed by atoms with Crippen LogP contribution in [0.1, 0.15) is 31.4 Å². The lowest BCUT2D eigenvalue weighted by molar-refractivity contribution is -0.124. The van der Waals surface area contributed by atoms with Crippen molar-refractivity contribution in [3.8, 4) is 0 Å². The Labute approximate surface area is 139 Å². The van der Waals surface area contributed by atoms with E-state index in [1.807, 2.05) is 25.1 Å². The van der Waals surface area contributed by atoms with Crippen LogP contribution in [0, 0.1) is 12.8 Å². The molecule has 0 saturated heterocycles. The Kier molecular flexibility index (Phi) is 8.53. The Hall–Kier alpha value is -1.04. The van der Waals surface area contributed by atoms with Gasteiger partial charge < -0.3 is 16.4 Å². The molecule has 1 aromatic carbocycles. The summed E-state index contributed by atoms with van der Waals surface area (Å²) in [4.78, 5) is 12.5. The first kappa shape index (κ1) is 19.0. The van der Waals surface area contributed by atoms with Gasteiger partial charge in [0.25, 0.3) is 0 Å². The molecule has 0 radical (unpaired) electrons. The summed E-state index contributed by atoms with van der Waals surface area (Å²) >= 11 is 4.18. The normalized spacial score (nSPS) is 15.1. The van der Waals surface area contributed by atoms with E-state index in [0.717, 1.165) is 12.0 Å². The smallest absolute Gasteiger partial charge is 0.237 e. The van der Waals surface area contributed by atoms with Crippen LogP contribution in [-0.2, 0) is 11.3 Å². The predicted octanol–water partition coefficient (Wildman–Crippen LogP) is 1.87. The Morgan fingerprint density at radius 1 is 1.41 bits per heavy atom. The molecule has 1 amide bonds. The SMILES string of the molecule is CC[C@H](C)[C@H](NC[C@@H](N)CS)C(=O)NCc1cccc(C)c1. The van der Waals surface area contributed by atoms with Crippen LogP contribution in [0.5, 0.6) is 0 Å². The van der Waals surface area contributed by atoms with Gasteiger partial charge in [-0.3, -0.25) is 4.79 Å². The van der Waals surface area contributed by atoms with E-state index < -0.39 is 0 Å². The molecule has 0 heterocycles. The van der Waals surface area contributed by atoms with Crippen molar-refractivity contribution in [2.75, 3.05) is 12.3 Å². The van der Waals surface area contributed by atoms with Gasteiger partial charge in [0.15, 0.2) is 0 Å². The summed E-state index contributed by atoms with van der Waals surface area (Å²) in [6.45, 7) is 7.36. The molecule has 0 fully saturated rings. The molecule has 124 valence electrons. The molecule has 3 atom stereocenters. The summed E-state index contributed by atoms with van der Waals surface area (Å²) in [5, 5.41) is 6.30. The first-order valence-electron chi connectivity index (χ1n) is 7.91. The molecule has 0 aliphatic carbocycles. The second kappa shape index (κ2) is 9.87. The molecule has 0 aliphatic rings. The number of nitrogens with two attached hydrogens (primary N) is 1. The van der Waals surface area contributed by atoms with Crippen LogP contribution in [0.25, 0.3) is 0 Å². The van der Waals surface area contributed by atoms with Crippen LogP contribution >= 0.6 is 12.6 Å². The van der Waals surface area contributed by atoms with Gasteiger partial charge in [-0.05, 0) is 18.4 Å². The van der Waals surface area contributed by atoms with E-state index >= 15 is 0 Å². The Morgan fingerprint density at radius 3 is 2.73 bits per heavy atom. The van der Waals surface area contributed by atoms with Gasteiger partial charge in [0.1, 0.15) is 0 Å². The molecular formula is C17H29N3OS. The second-order valence-corrected chi connectivity index (χ2v) is 6.29. The van der Waals surface area contributed by atoms with Crippen LogP contribution in [-0.4, -0.2) is 30.3 Å². The minimum atomic E-state index is -0.222. The topological polar surface area (TPSA) is 67.1 Å². The summed E-state index contributed by atoms with van der Waals surface area (Å²) in [5.41, 5.74) is 8.19. The third-order valence-electron chi connectivity index (χ3n) is 3.88. The molecule has 0 saturated carbocycles. The average Bonchev–Trinajstić information content (AvgIpc) is 2.52. The van der Waals surface area contributed by atoms with Crippen molar-refractivity contribution in [3.63, 3.8) is 0 Å². The van der Waals surface area contributed by atoms with Crippen molar-refractivity contribution in [1.29, 1.82) is 0 Å². The number of rotatable bonds is 9. The van der Waals surface area contributed by atoms with E-state index in [4.69, 9.17) is 5.73 Å². The van der Waals surface area contributed by atoms with Crippen LogP contribution < -0.4 is 16.4 Å². The number of benzene rings is 1. The number of carbonyl (C=O) groups excluding carboxylic acids is 1. The lowest BCUT2D eigenvalue weighted by Gasteiger charge is -2.25. The lowest BCUT2D eigenvalue weighted by atomic mass is 9.98. The van der Waals surface area contributed by atoms with Gasteiger partial charge >= 0.3 is 0 Å². The third kappa shape index (κ3) is 6.38. The molecule has 0 unspecified atom stereocenters. The number of nitrogens with one attached hydrogen (secondary N) is 2. The van der Waals surface area contributed by atoms with Crippen LogP contribution in [0.2, 0.25) is 0 Å². The summed E-state index contributed by atoms with van der Waals surface area (Å²) in [5.74, 6) is 0.886. The maximum Gasteiger partial charge on any atom is 0.237 e. The number of amides is 1. The summed E-state index contributed by atoms with van der Waals surface area (Å²) < 4.78 is 0. The second-order valence-electron chi connectivity index (χ2n) is 5.92. The standard InChI is InChI=1S/C17H29N3OS/c1-4-13(3)16(19-10-15(18)11-22)17(21)20-9-14-7-5-6-12(2)8-14/h5-8,13,15-16,19,22H,4,9-11,18H2,1-3H3,(H,20,21)/t13-,15+,16-/m0/s1. The van der Waals surface area contributed by atoms with Gasteiger partial charge in [-0.15, -0.1) is 0 Å². The fraction of sp³-hybridized carbons (Fsp3) is 0.588. The van der Waals surface area contributed by atoms with Crippen LogP contribution in [0.3, 0.4) is 0 Å². The molecule has 5 heteroatoms. The van der Waals surface area contributed by atoms with Crippen molar-refractivity contribution in [2.45, 2.75) is 45.8 Å². The van der Waals surface area contributed by atoms with Gasteiger partial charge in [0.05, 0.1) is 6.04 Å². The molecule has 1 aromatic rings. The summed E-state index contributed by atoms with van der Waals surface area (Å²) in [7, 11) is 0. The fourth-order valence-corrected chi connectivity index (χ4v) is 2.38. The van der Waals surface area contributed by atoms with E-state index in [9.17, 15) is 4.79 Å². The zero-order chi connectivity index (χ0) is 16.5. The molecule has 0 aromatic heterocycles. The van der Waals surface area contributed by atoms with Crippen LogP contribution in [0.4, 0.5) is 0 Å². The van der Waals surface area contributed by atoms with E-state index in [1.165, 1.54) is 5.56 Å². The van der Waals surface area contributed by atoms with E-state index in [2.05, 4.69) is 43.2 Å². The summed E-state index contributed by atoms with van der Waals surface area (Å²) in [6.07, 6.45) is 0.936. The highest BCUT2D eigenvalue weighted by molar-refractivity contribution is 7.80. The van der Waals surface area contributed by atoms with Gasteiger partial charge in [-0.1, -0.05) is 50.1 Å². The minimum Gasteiger partial charge on any atom is -0.351 e. The number of aryl methyl sites for hydroxylation is 1. The molecular weight excluding hydrogens is 294 g/mol. The van der Waals surface area contributed by atoms with Gasteiger partial charge in [-0.25, -0.2) is 0 Å². The third-order valence-corrected chi connectivity index (χ3v) is 4.35.